The molecule has 1 unspecified atom stereocenters. The van der Waals surface area contributed by atoms with Crippen molar-refractivity contribution in [2.45, 2.75) is 13.0 Å². The van der Waals surface area contributed by atoms with Crippen LogP contribution >= 0.6 is 0 Å². The Morgan fingerprint density at radius 3 is 3.00 bits per heavy atom. The molecule has 2 aromatic rings. The molecule has 88 valence electrons. The van der Waals surface area contributed by atoms with Crippen LogP contribution in [0.5, 0.6) is 0 Å². The molecule has 7 nitrogen and oxygen atoms in total. The molecule has 2 N–H and O–H groups in total. The van der Waals surface area contributed by atoms with Gasteiger partial charge in [-0.1, -0.05) is 0 Å². The number of hydrogen-bond donors (Lipinski definition) is 2. The molecule has 1 atom stereocenters. The van der Waals surface area contributed by atoms with Gasteiger partial charge in [-0.3, -0.25) is 20.2 Å². The van der Waals surface area contributed by atoms with E-state index in [0.29, 0.717) is 5.69 Å². The lowest BCUT2D eigenvalue weighted by Crippen LogP contribution is -2.07. The molecule has 17 heavy (non-hydrogen) atoms. The second kappa shape index (κ2) is 4.60. The van der Waals surface area contributed by atoms with Gasteiger partial charge in [0.25, 0.3) is 0 Å². The second-order valence-corrected chi connectivity index (χ2v) is 3.55. The molecule has 0 fully saturated rings. The fourth-order valence-corrected chi connectivity index (χ4v) is 1.47. The van der Waals surface area contributed by atoms with Gasteiger partial charge in [0, 0.05) is 18.0 Å². The maximum absolute atomic E-state index is 10.8. The normalized spacial score (nSPS) is 12.1. The molecule has 0 saturated carbocycles. The van der Waals surface area contributed by atoms with Gasteiger partial charge < -0.3 is 5.32 Å². The maximum Gasteiger partial charge on any atom is 0.310 e. The fourth-order valence-electron chi connectivity index (χ4n) is 1.47. The standard InChI is InChI=1S/C10H11N5O2/c1-7(8-4-12-13-5-8)14-9-2-3-11-6-10(9)15(16)17/h2-7H,1H3,(H,11,14)(H,12,13). The van der Waals surface area contributed by atoms with Gasteiger partial charge in [-0.2, -0.15) is 5.10 Å². The van der Waals surface area contributed by atoms with Gasteiger partial charge in [0.1, 0.15) is 11.9 Å². The molecule has 7 heteroatoms. The monoisotopic (exact) mass is 233 g/mol. The van der Waals surface area contributed by atoms with E-state index in [0.717, 1.165) is 5.56 Å². The van der Waals surface area contributed by atoms with E-state index >= 15 is 0 Å². The zero-order valence-electron chi connectivity index (χ0n) is 9.12. The van der Waals surface area contributed by atoms with Crippen LogP contribution < -0.4 is 5.32 Å². The zero-order valence-corrected chi connectivity index (χ0v) is 9.12. The lowest BCUT2D eigenvalue weighted by Gasteiger charge is -2.12. The van der Waals surface area contributed by atoms with Gasteiger partial charge >= 0.3 is 5.69 Å². The third-order valence-electron chi connectivity index (χ3n) is 2.39. The van der Waals surface area contributed by atoms with Gasteiger partial charge in [-0.25, -0.2) is 0 Å². The summed E-state index contributed by atoms with van der Waals surface area (Å²) in [4.78, 5) is 14.1. The number of aromatic nitrogens is 3. The summed E-state index contributed by atoms with van der Waals surface area (Å²) in [6.45, 7) is 1.90. The Kier molecular flexibility index (Phi) is 2.99. The highest BCUT2D eigenvalue weighted by molar-refractivity contribution is 5.60. The Morgan fingerprint density at radius 1 is 1.53 bits per heavy atom. The van der Waals surface area contributed by atoms with E-state index in [2.05, 4.69) is 20.5 Å². The van der Waals surface area contributed by atoms with E-state index in [1.807, 2.05) is 6.92 Å². The summed E-state index contributed by atoms with van der Waals surface area (Å²) in [5, 5.41) is 20.4. The molecule has 0 bridgehead atoms. The van der Waals surface area contributed by atoms with Gasteiger partial charge in [0.15, 0.2) is 0 Å². The van der Waals surface area contributed by atoms with Gasteiger partial charge in [-0.15, -0.1) is 0 Å². The topological polar surface area (TPSA) is 96.7 Å². The molecular weight excluding hydrogens is 222 g/mol. The fraction of sp³-hybridized carbons (Fsp3) is 0.200. The molecule has 0 aliphatic carbocycles. The predicted molar refractivity (Wildman–Crippen MR) is 61.5 cm³/mol. The van der Waals surface area contributed by atoms with Crippen LogP contribution in [0.25, 0.3) is 0 Å². The van der Waals surface area contributed by atoms with Gasteiger partial charge in [0.2, 0.25) is 0 Å². The first-order valence-electron chi connectivity index (χ1n) is 5.02. The number of nitrogens with one attached hydrogen (secondary N) is 2. The van der Waals surface area contributed by atoms with Crippen molar-refractivity contribution in [2.75, 3.05) is 5.32 Å². The smallest absolute Gasteiger partial charge is 0.310 e. The molecule has 0 aliphatic rings. The van der Waals surface area contributed by atoms with Crippen LogP contribution in [0.3, 0.4) is 0 Å². The molecule has 0 aliphatic heterocycles. The summed E-state index contributed by atoms with van der Waals surface area (Å²) in [5.74, 6) is 0. The van der Waals surface area contributed by atoms with Crippen molar-refractivity contribution in [1.82, 2.24) is 15.2 Å². The summed E-state index contributed by atoms with van der Waals surface area (Å²) < 4.78 is 0. The highest BCUT2D eigenvalue weighted by atomic mass is 16.6. The quantitative estimate of drug-likeness (QED) is 0.620. The molecule has 2 heterocycles. The molecule has 2 rings (SSSR count). The molecule has 0 saturated heterocycles. The number of H-pyrrole nitrogens is 1. The first-order chi connectivity index (χ1) is 8.18. The molecular formula is C10H11N5O2. The zero-order chi connectivity index (χ0) is 12.3. The minimum atomic E-state index is -0.461. The predicted octanol–water partition coefficient (Wildman–Crippen LogP) is 1.89. The van der Waals surface area contributed by atoms with Crippen LogP contribution in [0, 0.1) is 10.1 Å². The van der Waals surface area contributed by atoms with Gasteiger partial charge in [0.05, 0.1) is 17.2 Å². The van der Waals surface area contributed by atoms with Crippen molar-refractivity contribution < 1.29 is 4.92 Å². The molecule has 0 spiro atoms. The van der Waals surface area contributed by atoms with Crippen LogP contribution in [0.1, 0.15) is 18.5 Å². The highest BCUT2D eigenvalue weighted by Crippen LogP contribution is 2.26. The number of hydrogen-bond acceptors (Lipinski definition) is 5. The summed E-state index contributed by atoms with van der Waals surface area (Å²) in [5.41, 5.74) is 1.33. The number of rotatable bonds is 4. The third-order valence-corrected chi connectivity index (χ3v) is 2.39. The van der Waals surface area contributed by atoms with E-state index in [4.69, 9.17) is 0 Å². The second-order valence-electron chi connectivity index (χ2n) is 3.55. The lowest BCUT2D eigenvalue weighted by atomic mass is 10.2. The first-order valence-corrected chi connectivity index (χ1v) is 5.02. The largest absolute Gasteiger partial charge is 0.373 e. The van der Waals surface area contributed by atoms with E-state index in [1.54, 1.807) is 18.5 Å². The number of aromatic amines is 1. The van der Waals surface area contributed by atoms with E-state index in [1.165, 1.54) is 12.4 Å². The third kappa shape index (κ3) is 2.39. The Bertz CT molecular complexity index is 511. The Hall–Kier alpha value is -2.44. The van der Waals surface area contributed by atoms with Crippen LogP contribution in [0.2, 0.25) is 0 Å². The Balaban J connectivity index is 2.21. The highest BCUT2D eigenvalue weighted by Gasteiger charge is 2.15. The van der Waals surface area contributed by atoms with Crippen LogP contribution in [-0.4, -0.2) is 20.1 Å². The number of nitrogens with zero attached hydrogens (tertiary/aromatic N) is 3. The lowest BCUT2D eigenvalue weighted by molar-refractivity contribution is -0.384. The first kappa shape index (κ1) is 11.1. The summed E-state index contributed by atoms with van der Waals surface area (Å²) >= 11 is 0. The summed E-state index contributed by atoms with van der Waals surface area (Å²) in [7, 11) is 0. The minimum absolute atomic E-state index is 0.0390. The Morgan fingerprint density at radius 2 is 2.35 bits per heavy atom. The Labute approximate surface area is 97.0 Å². The SMILES string of the molecule is CC(Nc1ccncc1[N+](=O)[O-])c1cn[nH]c1. The van der Waals surface area contributed by atoms with E-state index in [9.17, 15) is 10.1 Å². The van der Waals surface area contributed by atoms with Crippen molar-refractivity contribution in [3.63, 3.8) is 0 Å². The van der Waals surface area contributed by atoms with Crippen molar-refractivity contribution in [3.05, 3.63) is 46.5 Å². The van der Waals surface area contributed by atoms with Gasteiger partial charge in [-0.05, 0) is 13.0 Å². The summed E-state index contributed by atoms with van der Waals surface area (Å²) in [6, 6.07) is 1.50. The molecule has 0 aromatic carbocycles. The van der Waals surface area contributed by atoms with Crippen LogP contribution in [-0.2, 0) is 0 Å². The van der Waals surface area contributed by atoms with Crippen molar-refractivity contribution >= 4 is 11.4 Å². The maximum atomic E-state index is 10.8. The minimum Gasteiger partial charge on any atom is -0.373 e. The molecule has 0 radical (unpaired) electrons. The van der Waals surface area contributed by atoms with Crippen LogP contribution in [0.15, 0.2) is 30.9 Å². The number of nitro groups is 1. The average molecular weight is 233 g/mol. The van der Waals surface area contributed by atoms with Crippen LogP contribution in [0.4, 0.5) is 11.4 Å². The molecule has 0 amide bonds. The molecule has 2 aromatic heterocycles. The van der Waals surface area contributed by atoms with E-state index < -0.39 is 4.92 Å². The number of pyridine rings is 1. The number of anilines is 1. The van der Waals surface area contributed by atoms with E-state index in [-0.39, 0.29) is 11.7 Å². The van der Waals surface area contributed by atoms with Crippen molar-refractivity contribution in [1.29, 1.82) is 0 Å². The van der Waals surface area contributed by atoms with Crippen molar-refractivity contribution in [3.8, 4) is 0 Å². The van der Waals surface area contributed by atoms with Crippen molar-refractivity contribution in [2.24, 2.45) is 0 Å². The summed E-state index contributed by atoms with van der Waals surface area (Å²) in [6.07, 6.45) is 6.15. The average Bonchev–Trinajstić information content (AvgIpc) is 2.83.